The van der Waals surface area contributed by atoms with E-state index in [1.54, 1.807) is 6.92 Å². The number of hydrogen-bond acceptors (Lipinski definition) is 4. The highest BCUT2D eigenvalue weighted by Crippen LogP contribution is 2.24. The summed E-state index contributed by atoms with van der Waals surface area (Å²) in [7, 11) is 0. The highest BCUT2D eigenvalue weighted by Gasteiger charge is 2.24. The SMILES string of the molecule is CCCCCCCCCCCC[C@@H]1CCC(C(C)=O)=C(COC2CCCCO2)N1. The molecule has 0 aromatic carbocycles. The minimum atomic E-state index is -0.103. The first-order valence-corrected chi connectivity index (χ1v) is 12.4. The molecule has 2 atom stereocenters. The Morgan fingerprint density at radius 2 is 1.69 bits per heavy atom. The zero-order valence-corrected chi connectivity index (χ0v) is 19.1. The van der Waals surface area contributed by atoms with Gasteiger partial charge >= 0.3 is 0 Å². The molecule has 0 spiro atoms. The molecule has 1 saturated heterocycles. The molecule has 4 nitrogen and oxygen atoms in total. The van der Waals surface area contributed by atoms with Gasteiger partial charge in [0.1, 0.15) is 0 Å². The maximum atomic E-state index is 12.0. The summed E-state index contributed by atoms with van der Waals surface area (Å²) in [5.41, 5.74) is 1.94. The quantitative estimate of drug-likeness (QED) is 0.317. The molecule has 1 unspecified atom stereocenters. The summed E-state index contributed by atoms with van der Waals surface area (Å²) in [5.74, 6) is 0.179. The topological polar surface area (TPSA) is 47.6 Å². The van der Waals surface area contributed by atoms with Crippen molar-refractivity contribution in [1.82, 2.24) is 5.32 Å². The number of ether oxygens (including phenoxy) is 2. The number of nitrogens with one attached hydrogen (secondary N) is 1. The molecule has 2 rings (SSSR count). The van der Waals surface area contributed by atoms with E-state index >= 15 is 0 Å². The summed E-state index contributed by atoms with van der Waals surface area (Å²) < 4.78 is 11.6. The first-order chi connectivity index (χ1) is 14.2. The fraction of sp³-hybridized carbons (Fsp3) is 0.880. The normalized spacial score (nSPS) is 22.6. The van der Waals surface area contributed by atoms with Gasteiger partial charge in [0, 0.05) is 23.9 Å². The van der Waals surface area contributed by atoms with Crippen LogP contribution in [0.5, 0.6) is 0 Å². The monoisotopic (exact) mass is 407 g/mol. The number of hydrogen-bond donors (Lipinski definition) is 1. The smallest absolute Gasteiger partial charge is 0.158 e. The van der Waals surface area contributed by atoms with Crippen LogP contribution in [-0.4, -0.2) is 31.3 Å². The molecule has 1 N–H and O–H groups in total. The lowest BCUT2D eigenvalue weighted by Gasteiger charge is -2.30. The lowest BCUT2D eigenvalue weighted by Crippen LogP contribution is -2.37. The highest BCUT2D eigenvalue weighted by atomic mass is 16.7. The second kappa shape index (κ2) is 15.0. The Morgan fingerprint density at radius 3 is 2.31 bits per heavy atom. The van der Waals surface area contributed by atoms with Crippen LogP contribution < -0.4 is 5.32 Å². The molecule has 4 heteroatoms. The molecule has 0 saturated carbocycles. The van der Waals surface area contributed by atoms with Crippen LogP contribution >= 0.6 is 0 Å². The van der Waals surface area contributed by atoms with Gasteiger partial charge in [-0.25, -0.2) is 0 Å². The van der Waals surface area contributed by atoms with Crippen LogP contribution in [0.15, 0.2) is 11.3 Å². The van der Waals surface area contributed by atoms with Crippen LogP contribution in [0.3, 0.4) is 0 Å². The lowest BCUT2D eigenvalue weighted by molar-refractivity contribution is -0.158. The molecular formula is C25H45NO3. The van der Waals surface area contributed by atoms with E-state index in [4.69, 9.17) is 9.47 Å². The average Bonchev–Trinajstić information content (AvgIpc) is 2.74. The average molecular weight is 408 g/mol. The van der Waals surface area contributed by atoms with Crippen LogP contribution in [0.2, 0.25) is 0 Å². The molecular weight excluding hydrogens is 362 g/mol. The fourth-order valence-corrected chi connectivity index (χ4v) is 4.51. The van der Waals surface area contributed by atoms with Crippen molar-refractivity contribution < 1.29 is 14.3 Å². The first-order valence-electron chi connectivity index (χ1n) is 12.4. The molecule has 0 aromatic heterocycles. The van der Waals surface area contributed by atoms with E-state index in [9.17, 15) is 4.79 Å². The van der Waals surface area contributed by atoms with Gasteiger partial charge in [0.2, 0.25) is 0 Å². The van der Waals surface area contributed by atoms with Crippen molar-refractivity contribution in [3.63, 3.8) is 0 Å². The van der Waals surface area contributed by atoms with E-state index in [0.29, 0.717) is 12.6 Å². The predicted molar refractivity (Wildman–Crippen MR) is 120 cm³/mol. The van der Waals surface area contributed by atoms with E-state index in [0.717, 1.165) is 50.0 Å². The molecule has 168 valence electrons. The van der Waals surface area contributed by atoms with E-state index in [-0.39, 0.29) is 12.1 Å². The zero-order valence-electron chi connectivity index (χ0n) is 19.1. The number of rotatable bonds is 15. The Morgan fingerprint density at radius 1 is 1.00 bits per heavy atom. The van der Waals surface area contributed by atoms with Gasteiger partial charge in [-0.15, -0.1) is 0 Å². The van der Waals surface area contributed by atoms with Gasteiger partial charge in [-0.2, -0.15) is 0 Å². The number of Topliss-reactive ketones (excluding diaryl/α,β-unsaturated/α-hetero) is 1. The number of carbonyl (C=O) groups is 1. The summed E-state index contributed by atoms with van der Waals surface area (Å²) >= 11 is 0. The van der Waals surface area contributed by atoms with Crippen LogP contribution in [0, 0.1) is 0 Å². The third-order valence-corrected chi connectivity index (χ3v) is 6.37. The summed E-state index contributed by atoms with van der Waals surface area (Å²) in [5, 5.41) is 3.63. The van der Waals surface area contributed by atoms with Gasteiger partial charge < -0.3 is 14.8 Å². The third kappa shape index (κ3) is 10.1. The second-order valence-electron chi connectivity index (χ2n) is 8.97. The van der Waals surface area contributed by atoms with Crippen molar-refractivity contribution in [2.24, 2.45) is 0 Å². The zero-order chi connectivity index (χ0) is 20.7. The predicted octanol–water partition coefficient (Wildman–Crippen LogP) is 6.44. The maximum absolute atomic E-state index is 12.0. The van der Waals surface area contributed by atoms with Crippen molar-refractivity contribution in [2.45, 2.75) is 129 Å². The Kier molecular flexibility index (Phi) is 12.6. The summed E-state index contributed by atoms with van der Waals surface area (Å²) in [6.45, 7) is 5.22. The van der Waals surface area contributed by atoms with Gasteiger partial charge in [0.05, 0.1) is 6.61 Å². The summed E-state index contributed by atoms with van der Waals surface area (Å²) in [4.78, 5) is 12.0. The van der Waals surface area contributed by atoms with Gasteiger partial charge in [0.15, 0.2) is 12.1 Å². The lowest BCUT2D eigenvalue weighted by atomic mass is 9.93. The Balaban J connectivity index is 1.61. The van der Waals surface area contributed by atoms with E-state index in [1.165, 1.54) is 70.6 Å². The minimum Gasteiger partial charge on any atom is -0.383 e. The van der Waals surface area contributed by atoms with Crippen molar-refractivity contribution in [3.8, 4) is 0 Å². The molecule has 0 amide bonds. The molecule has 0 aromatic rings. The van der Waals surface area contributed by atoms with E-state index < -0.39 is 0 Å². The van der Waals surface area contributed by atoms with Crippen molar-refractivity contribution >= 4 is 5.78 Å². The Bertz CT molecular complexity index is 482. The molecule has 0 radical (unpaired) electrons. The van der Waals surface area contributed by atoms with Gasteiger partial charge in [-0.3, -0.25) is 4.79 Å². The van der Waals surface area contributed by atoms with E-state index in [1.807, 2.05) is 0 Å². The van der Waals surface area contributed by atoms with E-state index in [2.05, 4.69) is 12.2 Å². The third-order valence-electron chi connectivity index (χ3n) is 6.37. The van der Waals surface area contributed by atoms with Gasteiger partial charge in [0.25, 0.3) is 0 Å². The van der Waals surface area contributed by atoms with Crippen LogP contribution in [-0.2, 0) is 14.3 Å². The van der Waals surface area contributed by atoms with Crippen LogP contribution in [0.25, 0.3) is 0 Å². The number of allylic oxidation sites excluding steroid dienone is 1. The van der Waals surface area contributed by atoms with Crippen molar-refractivity contribution in [2.75, 3.05) is 13.2 Å². The molecule has 0 bridgehead atoms. The standard InChI is InChI=1S/C25H45NO3/c1-3-4-5-6-7-8-9-10-11-12-15-22-17-18-23(21(2)27)24(26-22)20-29-25-16-13-14-19-28-25/h22,25-26H,3-20H2,1-2H3/t22-,25?/m1/s1. The molecule has 1 fully saturated rings. The number of unbranched alkanes of at least 4 members (excludes halogenated alkanes) is 9. The molecule has 2 aliphatic heterocycles. The summed E-state index contributed by atoms with van der Waals surface area (Å²) in [6.07, 6.45) is 20.0. The van der Waals surface area contributed by atoms with Crippen LogP contribution in [0.4, 0.5) is 0 Å². The first kappa shape index (κ1) is 24.4. The van der Waals surface area contributed by atoms with Gasteiger partial charge in [-0.1, -0.05) is 71.1 Å². The number of carbonyl (C=O) groups excluding carboxylic acids is 1. The molecule has 29 heavy (non-hydrogen) atoms. The fourth-order valence-electron chi connectivity index (χ4n) is 4.51. The molecule has 0 aliphatic carbocycles. The van der Waals surface area contributed by atoms with Crippen molar-refractivity contribution in [3.05, 3.63) is 11.3 Å². The van der Waals surface area contributed by atoms with Crippen LogP contribution in [0.1, 0.15) is 117 Å². The highest BCUT2D eigenvalue weighted by molar-refractivity contribution is 5.94. The Hall–Kier alpha value is -0.870. The van der Waals surface area contributed by atoms with Gasteiger partial charge in [-0.05, 0) is 45.4 Å². The summed E-state index contributed by atoms with van der Waals surface area (Å²) in [6, 6.07) is 0.484. The maximum Gasteiger partial charge on any atom is 0.158 e. The largest absolute Gasteiger partial charge is 0.383 e. The molecule has 2 heterocycles. The Labute approximate surface area is 179 Å². The van der Waals surface area contributed by atoms with Crippen molar-refractivity contribution in [1.29, 1.82) is 0 Å². The molecule has 2 aliphatic rings. The number of ketones is 1. The minimum absolute atomic E-state index is 0.103. The second-order valence-corrected chi connectivity index (χ2v) is 8.97.